The Labute approximate surface area is 95.3 Å². The number of methoxy groups -OCH3 is 1. The zero-order chi connectivity index (χ0) is 11.9. The largest absolute Gasteiger partial charge is 0.385 e. The molecule has 0 aliphatic heterocycles. The third-order valence-corrected chi connectivity index (χ3v) is 3.14. The monoisotopic (exact) mass is 216 g/mol. The van der Waals surface area contributed by atoms with Crippen LogP contribution in [0.15, 0.2) is 0 Å². The lowest BCUT2D eigenvalue weighted by Gasteiger charge is -2.28. The lowest BCUT2D eigenvalue weighted by Crippen LogP contribution is -2.28. The van der Waals surface area contributed by atoms with Gasteiger partial charge in [0.1, 0.15) is 0 Å². The van der Waals surface area contributed by atoms with E-state index in [-0.39, 0.29) is 5.60 Å². The Kier molecular flexibility index (Phi) is 6.46. The lowest BCUT2D eigenvalue weighted by molar-refractivity contribution is -0.0459. The predicted octanol–water partition coefficient (Wildman–Crippen LogP) is 3.64. The summed E-state index contributed by atoms with van der Waals surface area (Å²) in [4.78, 5) is 0. The van der Waals surface area contributed by atoms with Gasteiger partial charge in [0.25, 0.3) is 0 Å². The van der Waals surface area contributed by atoms with Crippen LogP contribution in [0.2, 0.25) is 0 Å². The van der Waals surface area contributed by atoms with Gasteiger partial charge in [0.15, 0.2) is 0 Å². The molecule has 0 unspecified atom stereocenters. The fraction of sp³-hybridized carbons (Fsp3) is 1.00. The van der Waals surface area contributed by atoms with Gasteiger partial charge in [0, 0.05) is 20.3 Å². The van der Waals surface area contributed by atoms with E-state index in [0.717, 1.165) is 26.1 Å². The molecule has 0 radical (unpaired) electrons. The van der Waals surface area contributed by atoms with Gasteiger partial charge in [-0.05, 0) is 32.1 Å². The van der Waals surface area contributed by atoms with Crippen LogP contribution in [-0.2, 0) is 9.47 Å². The van der Waals surface area contributed by atoms with Gasteiger partial charge >= 0.3 is 0 Å². The molecule has 0 N–H and O–H groups in total. The van der Waals surface area contributed by atoms with Crippen molar-refractivity contribution in [3.05, 3.63) is 0 Å². The molecule has 0 saturated heterocycles. The summed E-state index contributed by atoms with van der Waals surface area (Å²) in [5, 5.41) is 0. The van der Waals surface area contributed by atoms with E-state index >= 15 is 0 Å². The normalized spacial score (nSPS) is 13.2. The molecule has 0 aromatic rings. The van der Waals surface area contributed by atoms with Crippen LogP contribution >= 0.6 is 0 Å². The molecule has 0 spiro atoms. The Balaban J connectivity index is 3.74. The van der Waals surface area contributed by atoms with Gasteiger partial charge in [-0.1, -0.05) is 27.2 Å². The zero-order valence-electron chi connectivity index (χ0n) is 11.4. The fourth-order valence-corrected chi connectivity index (χ4v) is 1.20. The van der Waals surface area contributed by atoms with Gasteiger partial charge in [-0.3, -0.25) is 0 Å². The topological polar surface area (TPSA) is 18.5 Å². The molecule has 15 heavy (non-hydrogen) atoms. The molecule has 0 aromatic carbocycles. The third kappa shape index (κ3) is 7.80. The van der Waals surface area contributed by atoms with Crippen molar-refractivity contribution >= 4 is 0 Å². The van der Waals surface area contributed by atoms with Crippen molar-refractivity contribution in [3.63, 3.8) is 0 Å². The molecule has 0 atom stereocenters. The molecule has 92 valence electrons. The number of rotatable bonds is 8. The average molecular weight is 216 g/mol. The quantitative estimate of drug-likeness (QED) is 0.616. The molecule has 0 fully saturated rings. The van der Waals surface area contributed by atoms with Crippen LogP contribution in [-0.4, -0.2) is 25.9 Å². The van der Waals surface area contributed by atoms with Gasteiger partial charge in [0.05, 0.1) is 5.60 Å². The van der Waals surface area contributed by atoms with E-state index in [4.69, 9.17) is 9.47 Å². The molecular formula is C13H28O2. The minimum atomic E-state index is -0.0557. The van der Waals surface area contributed by atoms with Crippen molar-refractivity contribution in [2.75, 3.05) is 20.3 Å². The first-order chi connectivity index (χ1) is 6.83. The number of ether oxygens (including phenoxy) is 2. The fourth-order valence-electron chi connectivity index (χ4n) is 1.20. The van der Waals surface area contributed by atoms with Crippen molar-refractivity contribution in [2.24, 2.45) is 5.41 Å². The van der Waals surface area contributed by atoms with Gasteiger partial charge in [-0.2, -0.15) is 0 Å². The first-order valence-electron chi connectivity index (χ1n) is 5.96. The molecule has 2 heteroatoms. The third-order valence-electron chi connectivity index (χ3n) is 3.14. The summed E-state index contributed by atoms with van der Waals surface area (Å²) >= 11 is 0. The highest BCUT2D eigenvalue weighted by Crippen LogP contribution is 2.25. The first kappa shape index (κ1) is 14.9. The first-order valence-corrected chi connectivity index (χ1v) is 5.96. The summed E-state index contributed by atoms with van der Waals surface area (Å²) in [5.74, 6) is 0. The van der Waals surface area contributed by atoms with E-state index in [1.165, 1.54) is 6.42 Å². The van der Waals surface area contributed by atoms with Crippen molar-refractivity contribution in [3.8, 4) is 0 Å². The van der Waals surface area contributed by atoms with Crippen LogP contribution in [0.1, 0.15) is 53.9 Å². The minimum absolute atomic E-state index is 0.0557. The molecule has 0 rings (SSSR count). The molecule has 2 nitrogen and oxygen atoms in total. The van der Waals surface area contributed by atoms with Crippen molar-refractivity contribution < 1.29 is 9.47 Å². The Bertz CT molecular complexity index is 162. The molecule has 0 heterocycles. The van der Waals surface area contributed by atoms with Crippen LogP contribution in [0.25, 0.3) is 0 Å². The van der Waals surface area contributed by atoms with Crippen molar-refractivity contribution in [1.29, 1.82) is 0 Å². The van der Waals surface area contributed by atoms with Gasteiger partial charge < -0.3 is 9.47 Å². The zero-order valence-corrected chi connectivity index (χ0v) is 11.4. The lowest BCUT2D eigenvalue weighted by atomic mass is 9.87. The summed E-state index contributed by atoms with van der Waals surface area (Å²) in [6, 6.07) is 0. The number of hydrogen-bond acceptors (Lipinski definition) is 2. The Morgan fingerprint density at radius 3 is 2.00 bits per heavy atom. The maximum absolute atomic E-state index is 5.89. The highest BCUT2D eigenvalue weighted by atomic mass is 16.5. The van der Waals surface area contributed by atoms with Crippen LogP contribution in [0.4, 0.5) is 0 Å². The van der Waals surface area contributed by atoms with Crippen LogP contribution in [0, 0.1) is 5.41 Å². The average Bonchev–Trinajstić information content (AvgIpc) is 2.14. The summed E-state index contributed by atoms with van der Waals surface area (Å²) in [6.07, 6.45) is 3.28. The summed E-state index contributed by atoms with van der Waals surface area (Å²) < 4.78 is 11.0. The standard InChI is InChI=1S/C13H28O2/c1-7-12(2,3)8-11-15-13(4,5)9-10-14-6/h7-11H2,1-6H3. The molecular weight excluding hydrogens is 188 g/mol. The van der Waals surface area contributed by atoms with E-state index in [0.29, 0.717) is 5.41 Å². The SMILES string of the molecule is CCC(C)(C)CCOC(C)(C)CCOC. The van der Waals surface area contributed by atoms with E-state index in [1.807, 2.05) is 0 Å². The van der Waals surface area contributed by atoms with E-state index in [1.54, 1.807) is 7.11 Å². The summed E-state index contributed by atoms with van der Waals surface area (Å²) in [7, 11) is 1.73. The predicted molar refractivity (Wildman–Crippen MR) is 65.2 cm³/mol. The second kappa shape index (κ2) is 6.49. The maximum Gasteiger partial charge on any atom is 0.0648 e. The minimum Gasteiger partial charge on any atom is -0.385 e. The molecule has 0 aromatic heterocycles. The Morgan fingerprint density at radius 1 is 0.933 bits per heavy atom. The second-order valence-corrected chi connectivity index (χ2v) is 5.62. The molecule has 0 aliphatic rings. The smallest absolute Gasteiger partial charge is 0.0648 e. The second-order valence-electron chi connectivity index (χ2n) is 5.62. The summed E-state index contributed by atoms with van der Waals surface area (Å²) in [6.45, 7) is 12.7. The highest BCUT2D eigenvalue weighted by molar-refractivity contribution is 4.70. The van der Waals surface area contributed by atoms with E-state index < -0.39 is 0 Å². The van der Waals surface area contributed by atoms with Crippen LogP contribution < -0.4 is 0 Å². The Hall–Kier alpha value is -0.0800. The van der Waals surface area contributed by atoms with Crippen LogP contribution in [0.5, 0.6) is 0 Å². The van der Waals surface area contributed by atoms with Crippen molar-refractivity contribution in [1.82, 2.24) is 0 Å². The molecule has 0 amide bonds. The van der Waals surface area contributed by atoms with Gasteiger partial charge in [-0.25, -0.2) is 0 Å². The van der Waals surface area contributed by atoms with E-state index in [9.17, 15) is 0 Å². The molecule has 0 bridgehead atoms. The molecule has 0 aliphatic carbocycles. The maximum atomic E-state index is 5.89. The molecule has 0 saturated carbocycles. The summed E-state index contributed by atoms with van der Waals surface area (Å²) in [5.41, 5.74) is 0.344. The number of hydrogen-bond donors (Lipinski definition) is 0. The Morgan fingerprint density at radius 2 is 1.53 bits per heavy atom. The van der Waals surface area contributed by atoms with Gasteiger partial charge in [0.2, 0.25) is 0 Å². The van der Waals surface area contributed by atoms with Crippen LogP contribution in [0.3, 0.4) is 0 Å². The van der Waals surface area contributed by atoms with E-state index in [2.05, 4.69) is 34.6 Å². The van der Waals surface area contributed by atoms with Crippen molar-refractivity contribution in [2.45, 2.75) is 59.5 Å². The van der Waals surface area contributed by atoms with Gasteiger partial charge in [-0.15, -0.1) is 0 Å². The highest BCUT2D eigenvalue weighted by Gasteiger charge is 2.20.